The lowest BCUT2D eigenvalue weighted by Gasteiger charge is -2.44. The van der Waals surface area contributed by atoms with E-state index in [0.29, 0.717) is 0 Å². The number of nitrogens with one attached hydrogen (secondary N) is 1. The second kappa shape index (κ2) is 26.1. The van der Waals surface area contributed by atoms with Crippen molar-refractivity contribution in [2.75, 3.05) is 14.1 Å². The Bertz CT molecular complexity index is 2290. The van der Waals surface area contributed by atoms with Gasteiger partial charge < -0.3 is 4.90 Å². The van der Waals surface area contributed by atoms with Gasteiger partial charge in [-0.15, -0.1) is 21.9 Å². The number of unbranched alkanes of at least 4 members (excludes halogenated alkanes) is 15. The summed E-state index contributed by atoms with van der Waals surface area (Å²) in [5.41, 5.74) is -11.4. The minimum Gasteiger partial charge on any atom is -0.307 e. The first-order valence-corrected chi connectivity index (χ1v) is 23.1. The summed E-state index contributed by atoms with van der Waals surface area (Å²) in [6.45, 7) is 2.30. The highest BCUT2D eigenvalue weighted by atomic mass is 19.2. The van der Waals surface area contributed by atoms with Gasteiger partial charge in [-0.05, 0) is 30.5 Å². The molecule has 0 bridgehead atoms. The average molecular weight is 1050 g/mol. The molecule has 0 fully saturated rings. The van der Waals surface area contributed by atoms with E-state index in [9.17, 15) is 52.7 Å². The van der Waals surface area contributed by atoms with Crippen molar-refractivity contribution in [3.8, 4) is 0 Å². The van der Waals surface area contributed by atoms with Crippen LogP contribution in [0.4, 0.5) is 93.5 Å². The summed E-state index contributed by atoms with van der Waals surface area (Å²) in [5, 5.41) is 0. The van der Waals surface area contributed by atoms with Crippen molar-refractivity contribution in [2.24, 2.45) is 0 Å². The largest absolute Gasteiger partial charge is 0.307 e. The second-order valence-electron chi connectivity index (χ2n) is 17.6. The minimum absolute atomic E-state index is 1.25. The molecule has 5 aromatic rings. The van der Waals surface area contributed by atoms with Crippen molar-refractivity contribution in [2.45, 2.75) is 116 Å². The van der Waals surface area contributed by atoms with Crippen LogP contribution >= 0.6 is 0 Å². The smallest absolute Gasteiger partial charge is 0.200 e. The lowest BCUT2D eigenvalue weighted by molar-refractivity contribution is -0.786. The quantitative estimate of drug-likeness (QED) is 0.0232. The van der Waals surface area contributed by atoms with Crippen molar-refractivity contribution in [3.63, 3.8) is 0 Å². The molecule has 0 aliphatic carbocycles. The van der Waals surface area contributed by atoms with E-state index in [0.717, 1.165) is 0 Å². The predicted molar refractivity (Wildman–Crippen MR) is 231 cm³/mol. The van der Waals surface area contributed by atoms with Gasteiger partial charge in [-0.3, -0.25) is 0 Å². The van der Waals surface area contributed by atoms with Crippen molar-refractivity contribution < 1.29 is 92.7 Å². The van der Waals surface area contributed by atoms with E-state index in [1.165, 1.54) is 125 Å². The zero-order valence-corrected chi connectivity index (χ0v) is 39.0. The van der Waals surface area contributed by atoms with E-state index < -0.39 is 144 Å². The van der Waals surface area contributed by atoms with E-state index in [1.54, 1.807) is 0 Å². The number of quaternary nitrogens is 1. The van der Waals surface area contributed by atoms with Crippen LogP contribution in [0.1, 0.15) is 115 Å². The Balaban J connectivity index is 0.000000357. The van der Waals surface area contributed by atoms with Gasteiger partial charge in [-0.25, -0.2) is 87.8 Å². The van der Waals surface area contributed by atoms with E-state index >= 15 is 35.1 Å². The Kier molecular flexibility index (Phi) is 21.5. The molecule has 22 heteroatoms. The molecule has 0 aliphatic rings. The third kappa shape index (κ3) is 12.2. The number of benzene rings is 5. The molecule has 1 nitrogen and oxygen atoms in total. The molecule has 0 radical (unpaired) electrons. The zero-order valence-electron chi connectivity index (χ0n) is 39.0. The summed E-state index contributed by atoms with van der Waals surface area (Å²) in [6, 6.07) is 9.18. The molecule has 0 spiro atoms. The van der Waals surface area contributed by atoms with Gasteiger partial charge >= 0.3 is 0 Å². The average Bonchev–Trinajstić information content (AvgIpc) is 3.36. The SMILES string of the molecule is CCCCCCCCCCCCCCCCCCc1ccc([NH+](C)C)cc1.Fc1c(F)c(F)c([B-](c2c(F)c(F)c(F)c(F)c2F)(c2c(F)c(F)c(F)c(F)c2F)c2c(F)c(F)c(F)c(F)c2F)c(F)c1F. The van der Waals surface area contributed by atoms with Gasteiger partial charge in [-0.1, -0.05) is 115 Å². The van der Waals surface area contributed by atoms with Gasteiger partial charge in [0.2, 0.25) is 0 Å². The molecule has 5 rings (SSSR count). The van der Waals surface area contributed by atoms with Crippen molar-refractivity contribution >= 4 is 33.7 Å². The fourth-order valence-electron chi connectivity index (χ4n) is 8.76. The van der Waals surface area contributed by atoms with Crippen LogP contribution in [0.5, 0.6) is 0 Å². The highest BCUT2D eigenvalue weighted by molar-refractivity contribution is 7.20. The van der Waals surface area contributed by atoms with E-state index in [2.05, 4.69) is 45.3 Å². The topological polar surface area (TPSA) is 4.44 Å². The van der Waals surface area contributed by atoms with Crippen molar-refractivity contribution in [1.82, 2.24) is 0 Å². The Morgan fingerprint density at radius 3 is 0.681 bits per heavy atom. The maximum absolute atomic E-state index is 15.4. The van der Waals surface area contributed by atoms with Gasteiger partial charge in [0.05, 0.1) is 14.1 Å². The summed E-state index contributed by atoms with van der Waals surface area (Å²) < 4.78 is 294. The van der Waals surface area contributed by atoms with Crippen LogP contribution in [-0.2, 0) is 6.42 Å². The van der Waals surface area contributed by atoms with Crippen LogP contribution in [0.3, 0.4) is 0 Å². The maximum atomic E-state index is 15.4. The van der Waals surface area contributed by atoms with Crippen LogP contribution in [-0.4, -0.2) is 20.2 Å². The molecule has 0 aliphatic heterocycles. The fourth-order valence-corrected chi connectivity index (χ4v) is 8.76. The molecule has 0 saturated heterocycles. The molecule has 0 heterocycles. The lowest BCUT2D eigenvalue weighted by Crippen LogP contribution is -3.00. The second-order valence-corrected chi connectivity index (χ2v) is 17.6. The van der Waals surface area contributed by atoms with Gasteiger partial charge in [-0.2, -0.15) is 0 Å². The van der Waals surface area contributed by atoms with Crippen LogP contribution < -0.4 is 26.8 Å². The highest BCUT2D eigenvalue weighted by Gasteiger charge is 2.52. The molecule has 5 aromatic carbocycles. The Morgan fingerprint density at radius 1 is 0.278 bits per heavy atom. The monoisotopic (exact) mass is 1050 g/mol. The molecular formula is C50H48BF20N. The predicted octanol–water partition coefficient (Wildman–Crippen LogP) is 13.1. The van der Waals surface area contributed by atoms with Crippen molar-refractivity contribution in [3.05, 3.63) is 146 Å². The normalized spacial score (nSPS) is 11.8. The molecule has 0 saturated carbocycles. The molecule has 0 unspecified atom stereocenters. The highest BCUT2D eigenvalue weighted by Crippen LogP contribution is 2.31. The summed E-state index contributed by atoms with van der Waals surface area (Å²) in [7, 11) is 4.37. The summed E-state index contributed by atoms with van der Waals surface area (Å²) >= 11 is 0. The van der Waals surface area contributed by atoms with Gasteiger partial charge in [0.15, 0.2) is 69.8 Å². The summed E-state index contributed by atoms with van der Waals surface area (Å²) in [5.74, 6) is -71.4. The van der Waals surface area contributed by atoms with E-state index in [1.807, 2.05) is 0 Å². The summed E-state index contributed by atoms with van der Waals surface area (Å²) in [6.07, 6.45) is 17.1. The Labute approximate surface area is 402 Å². The number of hydrogen-bond acceptors (Lipinski definition) is 0. The van der Waals surface area contributed by atoms with Crippen LogP contribution in [0.25, 0.3) is 0 Å². The fraction of sp³-hybridized carbons (Fsp3) is 0.400. The lowest BCUT2D eigenvalue weighted by atomic mass is 9.12. The first-order chi connectivity index (χ1) is 33.9. The van der Waals surface area contributed by atoms with Gasteiger partial charge in [0, 0.05) is 0 Å². The standard InChI is InChI=1S/C26H47N.C24BF20/c1-4-5-6-7-8-9-10-11-12-13-14-15-16-17-18-19-20-25-21-23-26(24-22-25)27(2)3;26-5-1(6(27)14(35)21(42)13(5)34)25(2-7(28)15(36)22(43)16(37)8(2)29,3-9(30)17(38)23(44)18(39)10(3)31)4-11(32)19(40)24(45)20(41)12(4)33/h21-24H,4-20H2,1-3H3;/q;-1/p+1. The van der Waals surface area contributed by atoms with Gasteiger partial charge in [0.25, 0.3) is 0 Å². The molecule has 396 valence electrons. The summed E-state index contributed by atoms with van der Waals surface area (Å²) in [4.78, 5) is 1.41. The first-order valence-electron chi connectivity index (χ1n) is 23.1. The molecular weight excluding hydrogens is 1010 g/mol. The number of aryl methyl sites for hydroxylation is 1. The van der Waals surface area contributed by atoms with Crippen molar-refractivity contribution in [1.29, 1.82) is 0 Å². The molecule has 1 N–H and O–H groups in total. The minimum atomic E-state index is -7.22. The number of rotatable bonds is 22. The molecule has 0 amide bonds. The third-order valence-corrected chi connectivity index (χ3v) is 12.6. The molecule has 0 aromatic heterocycles. The van der Waals surface area contributed by atoms with Crippen LogP contribution in [0.2, 0.25) is 0 Å². The molecule has 72 heavy (non-hydrogen) atoms. The third-order valence-electron chi connectivity index (χ3n) is 12.6. The van der Waals surface area contributed by atoms with E-state index in [4.69, 9.17) is 0 Å². The van der Waals surface area contributed by atoms with Gasteiger partial charge in [0.1, 0.15) is 58.4 Å². The Hall–Kier alpha value is -5.28. The number of halogens is 20. The Morgan fingerprint density at radius 2 is 0.472 bits per heavy atom. The number of hydrogen-bond donors (Lipinski definition) is 1. The van der Waals surface area contributed by atoms with E-state index in [-0.39, 0.29) is 0 Å². The maximum Gasteiger partial charge on any atom is 0.200 e. The zero-order chi connectivity index (χ0) is 53.9. The van der Waals surface area contributed by atoms with Crippen LogP contribution in [0, 0.1) is 116 Å². The van der Waals surface area contributed by atoms with Crippen LogP contribution in [0.15, 0.2) is 24.3 Å². The first kappa shape index (κ1) is 59.3. The molecule has 0 atom stereocenters.